The molecule has 0 aliphatic heterocycles. The van der Waals surface area contributed by atoms with Crippen LogP contribution in [-0.4, -0.2) is 78.0 Å². The van der Waals surface area contributed by atoms with E-state index < -0.39 is 66.0 Å². The summed E-state index contributed by atoms with van der Waals surface area (Å²) in [4.78, 5) is 80.0. The smallest absolute Gasteiger partial charge is 0.408 e. The van der Waals surface area contributed by atoms with Crippen LogP contribution in [0.3, 0.4) is 0 Å². The molecule has 0 heterocycles. The molecule has 0 bridgehead atoms. The molecular formula is C40H52N6O8. The number of unbranched alkanes of at least 4 members (excludes halogenated alkanes) is 1. The summed E-state index contributed by atoms with van der Waals surface area (Å²) in [7, 11) is 1.37. The summed E-state index contributed by atoms with van der Waals surface area (Å²) >= 11 is 0. The van der Waals surface area contributed by atoms with Crippen LogP contribution in [0.5, 0.6) is 0 Å². The molecule has 0 saturated heterocycles. The van der Waals surface area contributed by atoms with Gasteiger partial charge in [-0.3, -0.25) is 19.2 Å². The molecule has 3 rings (SSSR count). The summed E-state index contributed by atoms with van der Waals surface area (Å²) in [6, 6.07) is 21.1. The quantitative estimate of drug-likeness (QED) is 0.0936. The van der Waals surface area contributed by atoms with Crippen LogP contribution in [0, 0.1) is 6.92 Å². The van der Waals surface area contributed by atoms with E-state index in [4.69, 9.17) is 15.2 Å². The van der Waals surface area contributed by atoms with Crippen molar-refractivity contribution in [2.75, 3.05) is 18.9 Å². The molecule has 14 nitrogen and oxygen atoms in total. The first-order valence-electron chi connectivity index (χ1n) is 17.8. The van der Waals surface area contributed by atoms with Gasteiger partial charge in [-0.05, 0) is 69.7 Å². The SMILES string of the molecule is Cc1ccccc1NC(=O)NCCCC[C@H](NC(=O)OC(C)(C)C)C(=O)N[C@@H](CC(=O)OCc1ccccc1)C(=O)N(C)[C@@H](Cc1ccccc1)C(N)=O. The second kappa shape index (κ2) is 20.9. The number of likely N-dealkylation sites (N-methyl/N-ethyl adjacent to an activating group) is 1. The van der Waals surface area contributed by atoms with Gasteiger partial charge >= 0.3 is 18.1 Å². The number of carbonyl (C=O) groups excluding carboxylic acids is 6. The summed E-state index contributed by atoms with van der Waals surface area (Å²) in [5.74, 6) is -3.10. The third-order valence-corrected chi connectivity index (χ3v) is 8.25. The van der Waals surface area contributed by atoms with Gasteiger partial charge < -0.3 is 41.4 Å². The van der Waals surface area contributed by atoms with Crippen LogP contribution in [0.1, 0.15) is 63.1 Å². The highest BCUT2D eigenvalue weighted by Gasteiger charge is 2.35. The molecular weight excluding hydrogens is 692 g/mol. The minimum Gasteiger partial charge on any atom is -0.461 e. The molecule has 0 aliphatic rings. The van der Waals surface area contributed by atoms with Gasteiger partial charge in [-0.15, -0.1) is 0 Å². The molecule has 3 aromatic rings. The molecule has 0 spiro atoms. The van der Waals surface area contributed by atoms with E-state index in [-0.39, 0.29) is 26.0 Å². The van der Waals surface area contributed by atoms with E-state index in [1.54, 1.807) is 75.4 Å². The maximum absolute atomic E-state index is 14.0. The Morgan fingerprint density at radius 2 is 1.41 bits per heavy atom. The number of nitrogens with one attached hydrogen (secondary N) is 4. The normalized spacial score (nSPS) is 12.6. The van der Waals surface area contributed by atoms with Crippen molar-refractivity contribution in [2.24, 2.45) is 5.73 Å². The Morgan fingerprint density at radius 3 is 2.02 bits per heavy atom. The van der Waals surface area contributed by atoms with Crippen LogP contribution >= 0.6 is 0 Å². The lowest BCUT2D eigenvalue weighted by atomic mass is 10.0. The number of hydrogen-bond donors (Lipinski definition) is 5. The highest BCUT2D eigenvalue weighted by atomic mass is 16.6. The Kier molecular flexibility index (Phi) is 16.5. The Bertz CT molecular complexity index is 1710. The van der Waals surface area contributed by atoms with E-state index in [0.29, 0.717) is 18.5 Å². The van der Waals surface area contributed by atoms with Gasteiger partial charge in [0.05, 0.1) is 6.42 Å². The lowest BCUT2D eigenvalue weighted by Gasteiger charge is -2.30. The average molecular weight is 745 g/mol. The Balaban J connectivity index is 1.75. The van der Waals surface area contributed by atoms with Crippen molar-refractivity contribution < 1.29 is 38.2 Å². The summed E-state index contributed by atoms with van der Waals surface area (Å²) in [6.07, 6.45) is -0.430. The predicted molar refractivity (Wildman–Crippen MR) is 204 cm³/mol. The fraction of sp³-hybridized carbons (Fsp3) is 0.400. The number of anilines is 1. The summed E-state index contributed by atoms with van der Waals surface area (Å²) in [5.41, 5.74) is 7.90. The first-order chi connectivity index (χ1) is 25.6. The fourth-order valence-corrected chi connectivity index (χ4v) is 5.37. The monoisotopic (exact) mass is 744 g/mol. The van der Waals surface area contributed by atoms with Crippen LogP contribution in [-0.2, 0) is 41.7 Å². The highest BCUT2D eigenvalue weighted by Crippen LogP contribution is 2.15. The third-order valence-electron chi connectivity index (χ3n) is 8.25. The topological polar surface area (TPSA) is 198 Å². The van der Waals surface area contributed by atoms with Gasteiger partial charge in [0, 0.05) is 25.7 Å². The Labute approximate surface area is 316 Å². The van der Waals surface area contributed by atoms with Crippen molar-refractivity contribution in [3.63, 3.8) is 0 Å². The van der Waals surface area contributed by atoms with E-state index in [2.05, 4.69) is 21.3 Å². The molecule has 0 fully saturated rings. The number of ether oxygens (including phenoxy) is 2. The number of primary amides is 1. The standard InChI is InChI=1S/C40H52N6O8/c1-27-16-12-13-21-30(27)44-38(51)42-23-15-14-22-31(45-39(52)54-40(2,3)4)36(49)43-32(25-34(47)53-26-29-19-10-7-11-20-29)37(50)46(5)33(35(41)48)24-28-17-8-6-9-18-28/h6-13,16-21,31-33H,14-15,22-26H2,1-5H3,(H2,41,48)(H,43,49)(H,45,52)(H2,42,44,51)/t31-,32-,33-/m0/s1. The number of nitrogens with two attached hydrogens (primary N) is 1. The number of urea groups is 1. The number of nitrogens with zero attached hydrogens (tertiary/aromatic N) is 1. The van der Waals surface area contributed by atoms with Crippen LogP contribution < -0.4 is 27.0 Å². The van der Waals surface area contributed by atoms with E-state index in [0.717, 1.165) is 21.6 Å². The molecule has 54 heavy (non-hydrogen) atoms. The molecule has 0 aromatic heterocycles. The number of hydrogen-bond acceptors (Lipinski definition) is 8. The first kappa shape index (κ1) is 42.5. The lowest BCUT2D eigenvalue weighted by molar-refractivity contribution is -0.150. The van der Waals surface area contributed by atoms with E-state index in [9.17, 15) is 28.8 Å². The first-order valence-corrected chi connectivity index (χ1v) is 17.8. The number of aryl methyl sites for hydroxylation is 1. The number of alkyl carbamates (subject to hydrolysis) is 1. The summed E-state index contributed by atoms with van der Waals surface area (Å²) in [6.45, 7) is 7.10. The lowest BCUT2D eigenvalue weighted by Crippen LogP contribution is -2.57. The maximum Gasteiger partial charge on any atom is 0.408 e. The van der Waals surface area contributed by atoms with Gasteiger partial charge in [-0.2, -0.15) is 0 Å². The minimum atomic E-state index is -1.49. The highest BCUT2D eigenvalue weighted by molar-refractivity contribution is 5.95. The number of para-hydroxylation sites is 1. The summed E-state index contributed by atoms with van der Waals surface area (Å²) < 4.78 is 10.8. The van der Waals surface area contributed by atoms with Crippen LogP contribution in [0.2, 0.25) is 0 Å². The Hall–Kier alpha value is -5.92. The zero-order chi connectivity index (χ0) is 39.7. The summed E-state index contributed by atoms with van der Waals surface area (Å²) in [5, 5.41) is 10.7. The molecule has 14 heteroatoms. The zero-order valence-corrected chi connectivity index (χ0v) is 31.6. The van der Waals surface area contributed by atoms with Crippen molar-refractivity contribution in [1.82, 2.24) is 20.9 Å². The van der Waals surface area contributed by atoms with Crippen LogP contribution in [0.4, 0.5) is 15.3 Å². The van der Waals surface area contributed by atoms with Gasteiger partial charge in [0.1, 0.15) is 30.3 Å². The second-order valence-electron chi connectivity index (χ2n) is 13.9. The fourth-order valence-electron chi connectivity index (χ4n) is 5.37. The molecule has 3 atom stereocenters. The van der Waals surface area contributed by atoms with E-state index >= 15 is 0 Å². The molecule has 0 saturated carbocycles. The minimum absolute atomic E-state index is 0.0673. The van der Waals surface area contributed by atoms with Crippen molar-refractivity contribution in [3.8, 4) is 0 Å². The number of carbonyl (C=O) groups is 6. The van der Waals surface area contributed by atoms with Gasteiger partial charge in [0.25, 0.3) is 0 Å². The van der Waals surface area contributed by atoms with E-state index in [1.807, 2.05) is 37.3 Å². The zero-order valence-electron chi connectivity index (χ0n) is 31.6. The number of esters is 1. The van der Waals surface area contributed by atoms with Crippen molar-refractivity contribution in [1.29, 1.82) is 0 Å². The van der Waals surface area contributed by atoms with E-state index in [1.165, 1.54) is 7.05 Å². The van der Waals surface area contributed by atoms with Crippen LogP contribution in [0.15, 0.2) is 84.9 Å². The van der Waals surface area contributed by atoms with Crippen LogP contribution in [0.25, 0.3) is 0 Å². The molecule has 0 unspecified atom stereocenters. The Morgan fingerprint density at radius 1 is 0.796 bits per heavy atom. The van der Waals surface area contributed by atoms with Gasteiger partial charge in [-0.25, -0.2) is 9.59 Å². The number of amides is 6. The van der Waals surface area contributed by atoms with Crippen molar-refractivity contribution >= 4 is 41.5 Å². The second-order valence-corrected chi connectivity index (χ2v) is 13.9. The molecule has 6 amide bonds. The van der Waals surface area contributed by atoms with Gasteiger partial charge in [-0.1, -0.05) is 78.9 Å². The molecule has 3 aromatic carbocycles. The average Bonchev–Trinajstić information content (AvgIpc) is 3.12. The van der Waals surface area contributed by atoms with Gasteiger partial charge in [0.15, 0.2) is 0 Å². The third kappa shape index (κ3) is 15.0. The molecule has 0 radical (unpaired) electrons. The van der Waals surface area contributed by atoms with Gasteiger partial charge in [0.2, 0.25) is 17.7 Å². The molecule has 6 N–H and O–H groups in total. The predicted octanol–water partition coefficient (Wildman–Crippen LogP) is 4.35. The number of benzene rings is 3. The maximum atomic E-state index is 14.0. The van der Waals surface area contributed by atoms with Crippen molar-refractivity contribution in [2.45, 2.75) is 90.1 Å². The molecule has 290 valence electrons. The molecule has 0 aliphatic carbocycles. The number of rotatable bonds is 18. The largest absolute Gasteiger partial charge is 0.461 e. The van der Waals surface area contributed by atoms with Crippen molar-refractivity contribution in [3.05, 3.63) is 102 Å².